The van der Waals surface area contributed by atoms with Crippen LogP contribution in [0.4, 0.5) is 5.69 Å². The van der Waals surface area contributed by atoms with Crippen molar-refractivity contribution >= 4 is 17.4 Å². The van der Waals surface area contributed by atoms with Gasteiger partial charge in [0, 0.05) is 35.6 Å². The number of carbonyl (C=O) groups is 2. The number of fused-ring (bicyclic) bond motifs is 1. The van der Waals surface area contributed by atoms with Crippen molar-refractivity contribution in [2.45, 2.75) is 12.8 Å². The highest BCUT2D eigenvalue weighted by Crippen LogP contribution is 2.24. The zero-order chi connectivity index (χ0) is 13.2. The molecule has 2 heterocycles. The van der Waals surface area contributed by atoms with Crippen LogP contribution in [0.5, 0.6) is 0 Å². The quantitative estimate of drug-likeness (QED) is 0.833. The number of nitrogens with zero attached hydrogens (tertiary/aromatic N) is 1. The van der Waals surface area contributed by atoms with Gasteiger partial charge in [-0.05, 0) is 42.3 Å². The van der Waals surface area contributed by atoms with Gasteiger partial charge in [-0.15, -0.1) is 0 Å². The Morgan fingerprint density at radius 1 is 1.05 bits per heavy atom. The molecule has 1 N–H and O–H groups in total. The molecule has 0 radical (unpaired) electrons. The van der Waals surface area contributed by atoms with E-state index in [1.807, 2.05) is 6.07 Å². The second-order valence-electron chi connectivity index (χ2n) is 4.49. The zero-order valence-corrected chi connectivity index (χ0v) is 10.2. The highest BCUT2D eigenvalue weighted by molar-refractivity contribution is 6.09. The lowest BCUT2D eigenvalue weighted by Crippen LogP contribution is -2.19. The highest BCUT2D eigenvalue weighted by Gasteiger charge is 2.17. The third-order valence-corrected chi connectivity index (χ3v) is 3.21. The van der Waals surface area contributed by atoms with Crippen molar-refractivity contribution in [1.29, 1.82) is 0 Å². The predicted molar refractivity (Wildman–Crippen MR) is 71.1 cm³/mol. The van der Waals surface area contributed by atoms with E-state index in [-0.39, 0.29) is 11.7 Å². The number of carbonyl (C=O) groups excluding carboxylic acids is 2. The van der Waals surface area contributed by atoms with E-state index in [2.05, 4.69) is 10.3 Å². The van der Waals surface area contributed by atoms with Gasteiger partial charge in [0.25, 0.3) is 0 Å². The first-order valence-corrected chi connectivity index (χ1v) is 6.11. The SMILES string of the molecule is O=C1CCc2cc(C(=O)c3ccncc3)ccc2N1. The Hall–Kier alpha value is -2.49. The second kappa shape index (κ2) is 4.65. The molecule has 0 bridgehead atoms. The smallest absolute Gasteiger partial charge is 0.224 e. The van der Waals surface area contributed by atoms with Crippen LogP contribution in [0.1, 0.15) is 27.9 Å². The number of nitrogens with one attached hydrogen (secondary N) is 1. The number of ketones is 1. The molecule has 0 atom stereocenters. The van der Waals surface area contributed by atoms with Crippen molar-refractivity contribution in [3.05, 3.63) is 59.4 Å². The molecular formula is C15H12N2O2. The van der Waals surface area contributed by atoms with Gasteiger partial charge < -0.3 is 5.32 Å². The summed E-state index contributed by atoms with van der Waals surface area (Å²) in [6, 6.07) is 8.79. The predicted octanol–water partition coefficient (Wildman–Crippen LogP) is 2.20. The van der Waals surface area contributed by atoms with Crippen molar-refractivity contribution in [2.75, 3.05) is 5.32 Å². The molecule has 0 unspecified atom stereocenters. The number of amides is 1. The molecule has 94 valence electrons. The molecule has 0 spiro atoms. The third-order valence-electron chi connectivity index (χ3n) is 3.21. The summed E-state index contributed by atoms with van der Waals surface area (Å²) in [5.74, 6) is 0.00260. The maximum Gasteiger partial charge on any atom is 0.224 e. The molecular weight excluding hydrogens is 240 g/mol. The Morgan fingerprint density at radius 2 is 1.84 bits per heavy atom. The number of aryl methyl sites for hydroxylation is 1. The van der Waals surface area contributed by atoms with Gasteiger partial charge in [-0.1, -0.05) is 0 Å². The first-order chi connectivity index (χ1) is 9.24. The van der Waals surface area contributed by atoms with Crippen LogP contribution in [0.15, 0.2) is 42.7 Å². The summed E-state index contributed by atoms with van der Waals surface area (Å²) in [5.41, 5.74) is 3.08. The van der Waals surface area contributed by atoms with E-state index in [1.54, 1.807) is 36.7 Å². The molecule has 3 rings (SSSR count). The van der Waals surface area contributed by atoms with Gasteiger partial charge in [0.15, 0.2) is 5.78 Å². The minimum Gasteiger partial charge on any atom is -0.326 e. The van der Waals surface area contributed by atoms with Gasteiger partial charge in [0.2, 0.25) is 5.91 Å². The van der Waals surface area contributed by atoms with Crippen LogP contribution in [0.2, 0.25) is 0 Å². The number of benzene rings is 1. The standard InChI is InChI=1S/C15H12N2O2/c18-14-4-2-11-9-12(1-3-13(11)17-14)15(19)10-5-7-16-8-6-10/h1,3,5-9H,2,4H2,(H,17,18). The zero-order valence-electron chi connectivity index (χ0n) is 10.2. The van der Waals surface area contributed by atoms with E-state index >= 15 is 0 Å². The van der Waals surface area contributed by atoms with Gasteiger partial charge >= 0.3 is 0 Å². The van der Waals surface area contributed by atoms with E-state index in [4.69, 9.17) is 0 Å². The maximum absolute atomic E-state index is 12.3. The number of anilines is 1. The van der Waals surface area contributed by atoms with Gasteiger partial charge in [0.05, 0.1) is 0 Å². The molecule has 0 aliphatic carbocycles. The average Bonchev–Trinajstić information content (AvgIpc) is 2.47. The molecule has 2 aromatic rings. The molecule has 1 aromatic carbocycles. The van der Waals surface area contributed by atoms with Crippen molar-refractivity contribution in [3.8, 4) is 0 Å². The summed E-state index contributed by atoms with van der Waals surface area (Å²) in [4.78, 5) is 27.5. The van der Waals surface area contributed by atoms with Crippen LogP contribution in [0.25, 0.3) is 0 Å². The minimum absolute atomic E-state index is 0.0258. The Labute approximate surface area is 110 Å². The summed E-state index contributed by atoms with van der Waals surface area (Å²) < 4.78 is 0. The molecule has 1 aromatic heterocycles. The first kappa shape index (κ1) is 11.6. The lowest BCUT2D eigenvalue weighted by Gasteiger charge is -2.17. The Kier molecular flexibility index (Phi) is 2.83. The van der Waals surface area contributed by atoms with Crippen LogP contribution in [-0.2, 0) is 11.2 Å². The molecule has 4 heteroatoms. The molecule has 0 saturated carbocycles. The van der Waals surface area contributed by atoms with Crippen LogP contribution in [0, 0.1) is 0 Å². The second-order valence-corrected chi connectivity index (χ2v) is 4.49. The monoisotopic (exact) mass is 252 g/mol. The van der Waals surface area contributed by atoms with E-state index in [9.17, 15) is 9.59 Å². The summed E-state index contributed by atoms with van der Waals surface area (Å²) >= 11 is 0. The third kappa shape index (κ3) is 2.25. The fourth-order valence-electron chi connectivity index (χ4n) is 2.19. The largest absolute Gasteiger partial charge is 0.326 e. The van der Waals surface area contributed by atoms with Gasteiger partial charge in [-0.2, -0.15) is 0 Å². The summed E-state index contributed by atoms with van der Waals surface area (Å²) in [7, 11) is 0. The van der Waals surface area contributed by atoms with E-state index in [1.165, 1.54) is 0 Å². The Bertz CT molecular complexity index is 650. The molecule has 0 saturated heterocycles. The lowest BCUT2D eigenvalue weighted by molar-refractivity contribution is -0.116. The first-order valence-electron chi connectivity index (χ1n) is 6.11. The Morgan fingerprint density at radius 3 is 2.63 bits per heavy atom. The van der Waals surface area contributed by atoms with Crippen molar-refractivity contribution < 1.29 is 9.59 Å². The van der Waals surface area contributed by atoms with Crippen LogP contribution in [0.3, 0.4) is 0 Å². The number of aromatic nitrogens is 1. The molecule has 1 aliphatic rings. The summed E-state index contributed by atoms with van der Waals surface area (Å²) in [5, 5.41) is 2.81. The average molecular weight is 252 g/mol. The fourth-order valence-corrected chi connectivity index (χ4v) is 2.19. The van der Waals surface area contributed by atoms with Gasteiger partial charge in [-0.25, -0.2) is 0 Å². The number of hydrogen-bond donors (Lipinski definition) is 1. The highest BCUT2D eigenvalue weighted by atomic mass is 16.1. The van der Waals surface area contributed by atoms with Gasteiger partial charge in [0.1, 0.15) is 0 Å². The lowest BCUT2D eigenvalue weighted by atomic mass is 9.97. The Balaban J connectivity index is 1.95. The fraction of sp³-hybridized carbons (Fsp3) is 0.133. The summed E-state index contributed by atoms with van der Waals surface area (Å²) in [6.45, 7) is 0. The van der Waals surface area contributed by atoms with Crippen molar-refractivity contribution in [1.82, 2.24) is 4.98 Å². The maximum atomic E-state index is 12.3. The molecule has 0 fully saturated rings. The van der Waals surface area contributed by atoms with Crippen molar-refractivity contribution in [3.63, 3.8) is 0 Å². The normalized spacial score (nSPS) is 13.6. The van der Waals surface area contributed by atoms with E-state index in [0.717, 1.165) is 11.3 Å². The topological polar surface area (TPSA) is 59.1 Å². The molecule has 1 amide bonds. The molecule has 1 aliphatic heterocycles. The van der Waals surface area contributed by atoms with Gasteiger partial charge in [-0.3, -0.25) is 14.6 Å². The summed E-state index contributed by atoms with van der Waals surface area (Å²) in [6.07, 6.45) is 4.36. The number of rotatable bonds is 2. The number of hydrogen-bond acceptors (Lipinski definition) is 3. The minimum atomic E-state index is -0.0258. The van der Waals surface area contributed by atoms with E-state index in [0.29, 0.717) is 24.0 Å². The van der Waals surface area contributed by atoms with E-state index < -0.39 is 0 Å². The van der Waals surface area contributed by atoms with Crippen LogP contribution < -0.4 is 5.32 Å². The number of pyridine rings is 1. The van der Waals surface area contributed by atoms with Crippen molar-refractivity contribution in [2.24, 2.45) is 0 Å². The molecule has 4 nitrogen and oxygen atoms in total. The van der Waals surface area contributed by atoms with Crippen LogP contribution in [-0.4, -0.2) is 16.7 Å². The molecule has 19 heavy (non-hydrogen) atoms. The van der Waals surface area contributed by atoms with Crippen LogP contribution >= 0.6 is 0 Å².